The first-order valence-electron chi connectivity index (χ1n) is 7.30. The summed E-state index contributed by atoms with van der Waals surface area (Å²) in [6.45, 7) is 4.69. The summed E-state index contributed by atoms with van der Waals surface area (Å²) in [4.78, 5) is 6.83. The number of rotatable bonds is 4. The fourth-order valence-corrected chi connectivity index (χ4v) is 2.95. The zero-order valence-electron chi connectivity index (χ0n) is 12.1. The van der Waals surface area contributed by atoms with Gasteiger partial charge in [-0.1, -0.05) is 6.07 Å². The summed E-state index contributed by atoms with van der Waals surface area (Å²) in [5, 5.41) is 0. The van der Waals surface area contributed by atoms with Gasteiger partial charge in [-0.2, -0.15) is 0 Å². The third kappa shape index (κ3) is 3.14. The largest absolute Gasteiger partial charge is 0.444 e. The minimum absolute atomic E-state index is 0.286. The van der Waals surface area contributed by atoms with E-state index in [1.54, 1.807) is 18.4 Å². The lowest BCUT2D eigenvalue weighted by molar-refractivity contribution is 0.252. The van der Waals surface area contributed by atoms with E-state index in [0.29, 0.717) is 23.4 Å². The third-order valence-electron chi connectivity index (χ3n) is 4.11. The summed E-state index contributed by atoms with van der Waals surface area (Å²) in [5.41, 5.74) is 7.29. The molecule has 0 amide bonds. The minimum Gasteiger partial charge on any atom is -0.444 e. The summed E-state index contributed by atoms with van der Waals surface area (Å²) < 4.78 is 18.7. The van der Waals surface area contributed by atoms with Crippen molar-refractivity contribution in [1.29, 1.82) is 0 Å². The Morgan fingerprint density at radius 1 is 1.48 bits per heavy atom. The molecule has 0 radical (unpaired) electrons. The fourth-order valence-electron chi connectivity index (χ4n) is 2.95. The van der Waals surface area contributed by atoms with Gasteiger partial charge in [0.15, 0.2) is 0 Å². The smallest absolute Gasteiger partial charge is 0.226 e. The highest BCUT2D eigenvalue weighted by Gasteiger charge is 2.28. The number of benzene rings is 1. The van der Waals surface area contributed by atoms with Crippen molar-refractivity contribution in [1.82, 2.24) is 9.88 Å². The molecule has 1 saturated heterocycles. The first-order valence-corrected chi connectivity index (χ1v) is 7.30. The van der Waals surface area contributed by atoms with Crippen molar-refractivity contribution < 1.29 is 8.81 Å². The van der Waals surface area contributed by atoms with Gasteiger partial charge >= 0.3 is 0 Å². The Bertz CT molecular complexity index is 613. The van der Waals surface area contributed by atoms with Gasteiger partial charge in [-0.25, -0.2) is 9.37 Å². The number of halogens is 1. The van der Waals surface area contributed by atoms with Crippen LogP contribution in [0, 0.1) is 11.7 Å². The number of nitrogens with two attached hydrogens (primary N) is 1. The van der Waals surface area contributed by atoms with E-state index in [1.165, 1.54) is 12.1 Å². The molecule has 1 aliphatic rings. The second kappa shape index (κ2) is 5.95. The number of aromatic nitrogens is 1. The van der Waals surface area contributed by atoms with Gasteiger partial charge in [-0.15, -0.1) is 0 Å². The monoisotopic (exact) mass is 289 g/mol. The number of hydrogen-bond donors (Lipinski definition) is 1. The SMILES string of the molecule is CC1CC(CN)CN1Cc1coc(-c2cccc(F)c2)n1. The molecule has 1 aromatic carbocycles. The predicted molar refractivity (Wildman–Crippen MR) is 78.9 cm³/mol. The standard InChI is InChI=1S/C16H20FN3O/c1-11-5-12(7-18)8-20(11)9-15-10-21-16(19-15)13-3-2-4-14(17)6-13/h2-4,6,10-12H,5,7-9,18H2,1H3. The van der Waals surface area contributed by atoms with Gasteiger partial charge in [0, 0.05) is 24.7 Å². The van der Waals surface area contributed by atoms with Gasteiger partial charge in [-0.3, -0.25) is 4.90 Å². The fraction of sp³-hybridized carbons (Fsp3) is 0.438. The Morgan fingerprint density at radius 3 is 3.05 bits per heavy atom. The molecule has 0 spiro atoms. The van der Waals surface area contributed by atoms with E-state index in [0.717, 1.165) is 31.7 Å². The highest BCUT2D eigenvalue weighted by molar-refractivity contribution is 5.52. The number of oxazole rings is 1. The highest BCUT2D eigenvalue weighted by atomic mass is 19.1. The average Bonchev–Trinajstić information content (AvgIpc) is 3.07. The zero-order chi connectivity index (χ0) is 14.8. The second-order valence-corrected chi connectivity index (χ2v) is 5.77. The van der Waals surface area contributed by atoms with E-state index in [1.807, 2.05) is 0 Å². The molecule has 1 aliphatic heterocycles. The minimum atomic E-state index is -0.286. The molecule has 112 valence electrons. The summed E-state index contributed by atoms with van der Waals surface area (Å²) in [5.74, 6) is 0.743. The Hall–Kier alpha value is -1.72. The van der Waals surface area contributed by atoms with Gasteiger partial charge in [0.25, 0.3) is 0 Å². The molecule has 2 atom stereocenters. The topological polar surface area (TPSA) is 55.3 Å². The van der Waals surface area contributed by atoms with E-state index < -0.39 is 0 Å². The van der Waals surface area contributed by atoms with Crippen molar-refractivity contribution in [3.8, 4) is 11.5 Å². The molecular weight excluding hydrogens is 269 g/mol. The van der Waals surface area contributed by atoms with Crippen LogP contribution in [0.25, 0.3) is 11.5 Å². The van der Waals surface area contributed by atoms with Crippen LogP contribution in [-0.4, -0.2) is 29.0 Å². The van der Waals surface area contributed by atoms with E-state index in [4.69, 9.17) is 10.2 Å². The number of likely N-dealkylation sites (tertiary alicyclic amines) is 1. The first kappa shape index (κ1) is 14.2. The molecule has 1 fully saturated rings. The van der Waals surface area contributed by atoms with E-state index in [2.05, 4.69) is 16.8 Å². The van der Waals surface area contributed by atoms with Crippen LogP contribution in [-0.2, 0) is 6.54 Å². The normalized spacial score (nSPS) is 22.8. The Kier molecular flexibility index (Phi) is 4.03. The molecule has 2 unspecified atom stereocenters. The number of nitrogens with zero attached hydrogens (tertiary/aromatic N) is 2. The molecule has 0 bridgehead atoms. The summed E-state index contributed by atoms with van der Waals surface area (Å²) in [6, 6.07) is 6.79. The first-order chi connectivity index (χ1) is 10.2. The van der Waals surface area contributed by atoms with Crippen LogP contribution in [0.2, 0.25) is 0 Å². The van der Waals surface area contributed by atoms with Crippen molar-refractivity contribution in [2.45, 2.75) is 25.9 Å². The van der Waals surface area contributed by atoms with E-state index in [9.17, 15) is 4.39 Å². The lowest BCUT2D eigenvalue weighted by Gasteiger charge is -2.19. The highest BCUT2D eigenvalue weighted by Crippen LogP contribution is 2.25. The van der Waals surface area contributed by atoms with Crippen LogP contribution < -0.4 is 5.73 Å². The maximum atomic E-state index is 13.2. The summed E-state index contributed by atoms with van der Waals surface area (Å²) >= 11 is 0. The molecule has 0 aliphatic carbocycles. The Morgan fingerprint density at radius 2 is 2.33 bits per heavy atom. The van der Waals surface area contributed by atoms with Gasteiger partial charge in [0.2, 0.25) is 5.89 Å². The van der Waals surface area contributed by atoms with Crippen molar-refractivity contribution in [3.05, 3.63) is 42.0 Å². The molecule has 1 aromatic heterocycles. The van der Waals surface area contributed by atoms with E-state index >= 15 is 0 Å². The van der Waals surface area contributed by atoms with Gasteiger partial charge < -0.3 is 10.2 Å². The van der Waals surface area contributed by atoms with Crippen LogP contribution >= 0.6 is 0 Å². The Balaban J connectivity index is 1.71. The van der Waals surface area contributed by atoms with Crippen LogP contribution in [0.5, 0.6) is 0 Å². The maximum absolute atomic E-state index is 13.2. The molecule has 4 nitrogen and oxygen atoms in total. The van der Waals surface area contributed by atoms with Crippen LogP contribution in [0.15, 0.2) is 34.9 Å². The lowest BCUT2D eigenvalue weighted by Crippen LogP contribution is -2.27. The predicted octanol–water partition coefficient (Wildman–Crippen LogP) is 2.65. The second-order valence-electron chi connectivity index (χ2n) is 5.77. The maximum Gasteiger partial charge on any atom is 0.226 e. The lowest BCUT2D eigenvalue weighted by atomic mass is 10.1. The molecule has 3 rings (SSSR count). The third-order valence-corrected chi connectivity index (χ3v) is 4.11. The molecule has 2 heterocycles. The molecule has 21 heavy (non-hydrogen) atoms. The Labute approximate surface area is 123 Å². The molecular formula is C16H20FN3O. The summed E-state index contributed by atoms with van der Waals surface area (Å²) in [6.07, 6.45) is 2.79. The molecule has 2 aromatic rings. The van der Waals surface area contributed by atoms with E-state index in [-0.39, 0.29) is 5.82 Å². The van der Waals surface area contributed by atoms with Crippen LogP contribution in [0.1, 0.15) is 19.0 Å². The number of hydrogen-bond acceptors (Lipinski definition) is 4. The summed E-state index contributed by atoms with van der Waals surface area (Å²) in [7, 11) is 0. The molecule has 2 N–H and O–H groups in total. The van der Waals surface area contributed by atoms with Gasteiger partial charge in [0.05, 0.1) is 5.69 Å². The van der Waals surface area contributed by atoms with Crippen LogP contribution in [0.4, 0.5) is 4.39 Å². The average molecular weight is 289 g/mol. The molecule has 5 heteroatoms. The van der Waals surface area contributed by atoms with Crippen molar-refractivity contribution in [3.63, 3.8) is 0 Å². The van der Waals surface area contributed by atoms with Crippen LogP contribution in [0.3, 0.4) is 0 Å². The zero-order valence-corrected chi connectivity index (χ0v) is 12.1. The van der Waals surface area contributed by atoms with Gasteiger partial charge in [-0.05, 0) is 44.0 Å². The van der Waals surface area contributed by atoms with Crippen molar-refractivity contribution in [2.24, 2.45) is 11.7 Å². The van der Waals surface area contributed by atoms with Gasteiger partial charge in [0.1, 0.15) is 12.1 Å². The van der Waals surface area contributed by atoms with Crippen molar-refractivity contribution >= 4 is 0 Å². The molecule has 0 saturated carbocycles. The van der Waals surface area contributed by atoms with Crippen molar-refractivity contribution in [2.75, 3.05) is 13.1 Å². The quantitative estimate of drug-likeness (QED) is 0.940.